The topological polar surface area (TPSA) is 145 Å². The molecule has 1 aliphatic heterocycles. The number of aromatic amines is 2. The Kier molecular flexibility index (Phi) is 7.30. The summed E-state index contributed by atoms with van der Waals surface area (Å²) in [6, 6.07) is 11.2. The Morgan fingerprint density at radius 1 is 1.07 bits per heavy atom. The first-order valence-corrected chi connectivity index (χ1v) is 13.7. The van der Waals surface area contributed by atoms with Crippen molar-refractivity contribution in [1.82, 2.24) is 39.9 Å². The Bertz CT molecular complexity index is 1700. The van der Waals surface area contributed by atoms with Gasteiger partial charge in [0.15, 0.2) is 11.5 Å². The summed E-state index contributed by atoms with van der Waals surface area (Å²) in [5, 5.41) is 11.1. The summed E-state index contributed by atoms with van der Waals surface area (Å²) in [5.41, 5.74) is 5.65. The lowest BCUT2D eigenvalue weighted by Gasteiger charge is -2.26. The summed E-state index contributed by atoms with van der Waals surface area (Å²) in [6.07, 6.45) is 3.99. The van der Waals surface area contributed by atoms with E-state index < -0.39 is 0 Å². The second kappa shape index (κ2) is 11.3. The van der Waals surface area contributed by atoms with Gasteiger partial charge in [0, 0.05) is 44.5 Å². The lowest BCUT2D eigenvalue weighted by Crippen LogP contribution is -2.43. The number of hydrogen-bond donors (Lipinski definition) is 3. The van der Waals surface area contributed by atoms with E-state index in [2.05, 4.69) is 30.5 Å². The molecule has 3 amide bonds. The Balaban J connectivity index is 1.22. The van der Waals surface area contributed by atoms with Gasteiger partial charge in [0.25, 0.3) is 5.91 Å². The molecule has 41 heavy (non-hydrogen) atoms. The summed E-state index contributed by atoms with van der Waals surface area (Å²) in [6.45, 7) is 7.44. The molecule has 6 rings (SSSR count). The molecular formula is C29H31N9O3. The molecule has 12 heteroatoms. The SMILES string of the molecule is CCN(CC)C(=O)c1cccc2[nH]c(-c3[nH]nc4ncc(Cc5ccc(NC(=O)N6CCOCC6)cn5)cc34)nc12. The number of hydrogen-bond acceptors (Lipinski definition) is 7. The van der Waals surface area contributed by atoms with Gasteiger partial charge in [0.05, 0.1) is 41.6 Å². The highest BCUT2D eigenvalue weighted by atomic mass is 16.5. The Labute approximate surface area is 236 Å². The van der Waals surface area contributed by atoms with Crippen molar-refractivity contribution in [2.24, 2.45) is 0 Å². The van der Waals surface area contributed by atoms with Crippen molar-refractivity contribution in [3.8, 4) is 11.5 Å². The predicted octanol–water partition coefficient (Wildman–Crippen LogP) is 3.83. The number of para-hydroxylation sites is 1. The van der Waals surface area contributed by atoms with Gasteiger partial charge >= 0.3 is 6.03 Å². The number of fused-ring (bicyclic) bond motifs is 2. The van der Waals surface area contributed by atoms with Crippen LogP contribution in [0.1, 0.15) is 35.5 Å². The number of H-pyrrole nitrogens is 2. The average Bonchev–Trinajstić information content (AvgIpc) is 3.63. The molecule has 0 bridgehead atoms. The highest BCUT2D eigenvalue weighted by Gasteiger charge is 2.20. The van der Waals surface area contributed by atoms with Crippen LogP contribution in [0.15, 0.2) is 48.8 Å². The highest BCUT2D eigenvalue weighted by molar-refractivity contribution is 6.05. The van der Waals surface area contributed by atoms with Crippen molar-refractivity contribution >= 4 is 39.7 Å². The van der Waals surface area contributed by atoms with E-state index in [4.69, 9.17) is 9.72 Å². The first-order valence-electron chi connectivity index (χ1n) is 13.7. The van der Waals surface area contributed by atoms with Crippen LogP contribution in [0.4, 0.5) is 10.5 Å². The number of nitrogens with one attached hydrogen (secondary N) is 3. The van der Waals surface area contributed by atoms with Crippen molar-refractivity contribution < 1.29 is 14.3 Å². The molecule has 0 unspecified atom stereocenters. The number of amides is 3. The van der Waals surface area contributed by atoms with Crippen molar-refractivity contribution in [3.05, 3.63) is 65.6 Å². The average molecular weight is 554 g/mol. The molecule has 5 aromatic rings. The normalized spacial score (nSPS) is 13.6. The number of carbonyl (C=O) groups is 2. The number of pyridine rings is 2. The van der Waals surface area contributed by atoms with E-state index in [1.807, 2.05) is 50.2 Å². The van der Waals surface area contributed by atoms with Gasteiger partial charge in [-0.2, -0.15) is 5.10 Å². The van der Waals surface area contributed by atoms with Gasteiger partial charge in [-0.25, -0.2) is 14.8 Å². The van der Waals surface area contributed by atoms with Crippen LogP contribution in [0.2, 0.25) is 0 Å². The zero-order chi connectivity index (χ0) is 28.3. The molecule has 5 heterocycles. The Hall–Kier alpha value is -4.84. The second-order valence-electron chi connectivity index (χ2n) is 9.82. The van der Waals surface area contributed by atoms with Gasteiger partial charge in [-0.1, -0.05) is 6.07 Å². The van der Waals surface area contributed by atoms with Gasteiger partial charge in [-0.3, -0.25) is 14.9 Å². The summed E-state index contributed by atoms with van der Waals surface area (Å²) in [4.78, 5) is 46.3. The van der Waals surface area contributed by atoms with Crippen LogP contribution >= 0.6 is 0 Å². The van der Waals surface area contributed by atoms with Gasteiger partial charge in [0.2, 0.25) is 0 Å². The third-order valence-electron chi connectivity index (χ3n) is 7.26. The molecular weight excluding hydrogens is 522 g/mol. The minimum absolute atomic E-state index is 0.0451. The van der Waals surface area contributed by atoms with E-state index in [1.54, 1.807) is 22.2 Å². The predicted molar refractivity (Wildman–Crippen MR) is 155 cm³/mol. The number of carbonyl (C=O) groups excluding carboxylic acids is 2. The molecule has 0 aliphatic carbocycles. The third-order valence-corrected chi connectivity index (χ3v) is 7.26. The van der Waals surface area contributed by atoms with Crippen molar-refractivity contribution in [3.63, 3.8) is 0 Å². The van der Waals surface area contributed by atoms with Gasteiger partial charge in [-0.05, 0) is 49.7 Å². The lowest BCUT2D eigenvalue weighted by molar-refractivity contribution is 0.0564. The van der Waals surface area contributed by atoms with Crippen LogP contribution < -0.4 is 5.32 Å². The number of anilines is 1. The summed E-state index contributed by atoms with van der Waals surface area (Å²) < 4.78 is 5.30. The largest absolute Gasteiger partial charge is 0.378 e. The number of imidazole rings is 1. The standard InChI is InChI=1S/C29H31N9O3/c1-3-37(4-2)28(39)21-6-5-7-23-24(21)34-27(33-23)25-22-15-18(16-31-26(22)36-35-25)14-19-8-9-20(17-30-19)32-29(40)38-10-12-41-13-11-38/h5-9,15-17H,3-4,10-14H2,1-2H3,(H,32,40)(H,33,34)(H,31,35,36). The first-order chi connectivity index (χ1) is 20.0. The Morgan fingerprint density at radius 3 is 2.66 bits per heavy atom. The number of ether oxygens (including phenoxy) is 1. The van der Waals surface area contributed by atoms with E-state index in [9.17, 15) is 9.59 Å². The fourth-order valence-electron chi connectivity index (χ4n) is 5.01. The monoisotopic (exact) mass is 553 g/mol. The van der Waals surface area contributed by atoms with Gasteiger partial charge < -0.3 is 24.8 Å². The Morgan fingerprint density at radius 2 is 1.90 bits per heavy atom. The molecule has 3 N–H and O–H groups in total. The molecule has 12 nitrogen and oxygen atoms in total. The molecule has 0 spiro atoms. The van der Waals surface area contributed by atoms with E-state index in [0.717, 1.165) is 22.2 Å². The van der Waals surface area contributed by atoms with Crippen LogP contribution in [0.25, 0.3) is 33.6 Å². The molecule has 0 atom stereocenters. The second-order valence-corrected chi connectivity index (χ2v) is 9.82. The van der Waals surface area contributed by atoms with Crippen molar-refractivity contribution in [2.45, 2.75) is 20.3 Å². The maximum absolute atomic E-state index is 13.1. The summed E-state index contributed by atoms with van der Waals surface area (Å²) in [7, 11) is 0. The molecule has 1 saturated heterocycles. The summed E-state index contributed by atoms with van der Waals surface area (Å²) in [5.74, 6) is 0.538. The minimum atomic E-state index is -0.153. The highest BCUT2D eigenvalue weighted by Crippen LogP contribution is 2.28. The molecule has 1 aliphatic rings. The fraction of sp³-hybridized carbons (Fsp3) is 0.310. The molecule has 1 aromatic carbocycles. The van der Waals surface area contributed by atoms with Crippen molar-refractivity contribution in [1.29, 1.82) is 0 Å². The van der Waals surface area contributed by atoms with E-state index in [0.29, 0.717) is 79.7 Å². The zero-order valence-electron chi connectivity index (χ0n) is 23.0. The lowest BCUT2D eigenvalue weighted by atomic mass is 10.1. The quantitative estimate of drug-likeness (QED) is 0.278. The van der Waals surface area contributed by atoms with Crippen LogP contribution in [-0.2, 0) is 11.2 Å². The number of benzene rings is 1. The molecule has 4 aromatic heterocycles. The number of morpholine rings is 1. The number of rotatable bonds is 7. The van der Waals surface area contributed by atoms with Gasteiger partial charge in [0.1, 0.15) is 11.2 Å². The van der Waals surface area contributed by atoms with E-state index in [1.165, 1.54) is 0 Å². The number of nitrogens with zero attached hydrogens (tertiary/aromatic N) is 6. The minimum Gasteiger partial charge on any atom is -0.378 e. The maximum Gasteiger partial charge on any atom is 0.322 e. The molecule has 0 saturated carbocycles. The zero-order valence-corrected chi connectivity index (χ0v) is 23.0. The van der Waals surface area contributed by atoms with Crippen LogP contribution in [0.3, 0.4) is 0 Å². The smallest absolute Gasteiger partial charge is 0.322 e. The number of aromatic nitrogens is 6. The van der Waals surface area contributed by atoms with E-state index >= 15 is 0 Å². The van der Waals surface area contributed by atoms with Crippen LogP contribution in [0.5, 0.6) is 0 Å². The molecule has 210 valence electrons. The molecule has 1 fully saturated rings. The molecule has 0 radical (unpaired) electrons. The maximum atomic E-state index is 13.1. The van der Waals surface area contributed by atoms with E-state index in [-0.39, 0.29) is 11.9 Å². The number of urea groups is 1. The van der Waals surface area contributed by atoms with Crippen LogP contribution in [-0.4, -0.2) is 91.3 Å². The van der Waals surface area contributed by atoms with Crippen molar-refractivity contribution in [2.75, 3.05) is 44.7 Å². The summed E-state index contributed by atoms with van der Waals surface area (Å²) >= 11 is 0. The third kappa shape index (κ3) is 5.33. The van der Waals surface area contributed by atoms with Crippen LogP contribution in [0, 0.1) is 0 Å². The fourth-order valence-corrected chi connectivity index (χ4v) is 5.01. The van der Waals surface area contributed by atoms with Gasteiger partial charge in [-0.15, -0.1) is 0 Å². The first kappa shape index (κ1) is 26.4.